The minimum atomic E-state index is -2.83. The first kappa shape index (κ1) is 30.4. The zero-order valence-electron chi connectivity index (χ0n) is 21.0. The van der Waals surface area contributed by atoms with E-state index in [2.05, 4.69) is 25.5 Å². The normalized spacial score (nSPS) is 13.1. The second-order valence-electron chi connectivity index (χ2n) is 8.60. The molecule has 0 amide bonds. The van der Waals surface area contributed by atoms with Gasteiger partial charge in [0.2, 0.25) is 12.3 Å². The van der Waals surface area contributed by atoms with E-state index in [0.29, 0.717) is 0 Å². The van der Waals surface area contributed by atoms with E-state index in [1.165, 1.54) is 0 Å². The lowest BCUT2D eigenvalue weighted by molar-refractivity contribution is -0.151. The number of carbonyl (C=O) groups is 2. The summed E-state index contributed by atoms with van der Waals surface area (Å²) in [5, 5.41) is 9.90. The van der Waals surface area contributed by atoms with Gasteiger partial charge in [-0.3, -0.25) is 0 Å². The van der Waals surface area contributed by atoms with E-state index in [-0.39, 0.29) is 24.9 Å². The minimum absolute atomic E-state index is 0.138. The first-order valence-corrected chi connectivity index (χ1v) is 13.4. The highest BCUT2D eigenvalue weighted by Crippen LogP contribution is 2.36. The van der Waals surface area contributed by atoms with Crippen molar-refractivity contribution in [2.24, 2.45) is 0 Å². The molecule has 2 atom stereocenters. The Kier molecular flexibility index (Phi) is 12.8. The van der Waals surface area contributed by atoms with Crippen molar-refractivity contribution in [1.82, 2.24) is 0 Å². The number of hydrogen-bond acceptors (Lipinski definition) is 6. The molecule has 2 aromatic rings. The van der Waals surface area contributed by atoms with Gasteiger partial charge in [-0.25, -0.2) is 18.4 Å². The van der Waals surface area contributed by atoms with E-state index in [4.69, 9.17) is 14.3 Å². The summed E-state index contributed by atoms with van der Waals surface area (Å²) in [5.41, 5.74) is 0. The molecule has 2 aromatic carbocycles. The zero-order valence-corrected chi connectivity index (χ0v) is 22.0. The van der Waals surface area contributed by atoms with Crippen LogP contribution in [0, 0.1) is 0 Å². The van der Waals surface area contributed by atoms with E-state index >= 15 is 0 Å². The summed E-state index contributed by atoms with van der Waals surface area (Å²) in [6.45, 7) is 8.72. The standard InChI is InChI=1S/C21H27FO3Si.C5H9FO3/c1-5-24-20(23)19(22)16-25-26(21(2,3)4,17-12-8-6-9-13-17)18-14-10-7-11-15-18;1-2-9-5(8)4(6)3-7/h6-15,19H,5,16H2,1-4H3;4,7H,2-3H2,1H3. The fourth-order valence-electron chi connectivity index (χ4n) is 3.57. The molecule has 0 aliphatic carbocycles. The molecule has 6 nitrogen and oxygen atoms in total. The van der Waals surface area contributed by atoms with E-state index in [1.807, 2.05) is 60.7 Å². The van der Waals surface area contributed by atoms with E-state index in [0.717, 1.165) is 10.4 Å². The molecule has 35 heavy (non-hydrogen) atoms. The van der Waals surface area contributed by atoms with Crippen LogP contribution in [0.5, 0.6) is 0 Å². The molecule has 0 aromatic heterocycles. The second-order valence-corrected chi connectivity index (χ2v) is 12.9. The van der Waals surface area contributed by atoms with Gasteiger partial charge in [0, 0.05) is 0 Å². The molecule has 0 spiro atoms. The molecular formula is C26H36F2O6Si. The van der Waals surface area contributed by atoms with Gasteiger partial charge in [0.25, 0.3) is 8.32 Å². The average molecular weight is 511 g/mol. The van der Waals surface area contributed by atoms with E-state index in [9.17, 15) is 18.4 Å². The van der Waals surface area contributed by atoms with Gasteiger partial charge >= 0.3 is 11.9 Å². The first-order valence-electron chi connectivity index (χ1n) is 11.5. The first-order chi connectivity index (χ1) is 16.5. The zero-order chi connectivity index (χ0) is 26.5. The summed E-state index contributed by atoms with van der Waals surface area (Å²) < 4.78 is 41.7. The predicted molar refractivity (Wildman–Crippen MR) is 134 cm³/mol. The summed E-state index contributed by atoms with van der Waals surface area (Å²) in [6.07, 6.45) is -3.68. The molecule has 1 N–H and O–H groups in total. The van der Waals surface area contributed by atoms with Crippen LogP contribution in [-0.4, -0.2) is 64.1 Å². The number of aliphatic hydroxyl groups is 1. The minimum Gasteiger partial charge on any atom is -0.464 e. The molecular weight excluding hydrogens is 474 g/mol. The van der Waals surface area contributed by atoms with Crippen LogP contribution in [-0.2, 0) is 23.5 Å². The van der Waals surface area contributed by atoms with Crippen molar-refractivity contribution in [3.05, 3.63) is 60.7 Å². The molecule has 194 valence electrons. The van der Waals surface area contributed by atoms with Crippen LogP contribution < -0.4 is 10.4 Å². The largest absolute Gasteiger partial charge is 0.464 e. The van der Waals surface area contributed by atoms with Gasteiger partial charge in [-0.2, -0.15) is 0 Å². The predicted octanol–water partition coefficient (Wildman–Crippen LogP) is 3.34. The Morgan fingerprint density at radius 1 is 0.829 bits per heavy atom. The fourth-order valence-corrected chi connectivity index (χ4v) is 8.12. The van der Waals surface area contributed by atoms with Gasteiger partial charge in [-0.05, 0) is 29.3 Å². The molecule has 0 aliphatic rings. The summed E-state index contributed by atoms with van der Waals surface area (Å²) >= 11 is 0. The Balaban J connectivity index is 0.000000579. The molecule has 0 bridgehead atoms. The van der Waals surface area contributed by atoms with E-state index < -0.39 is 39.2 Å². The molecule has 0 aliphatic heterocycles. The topological polar surface area (TPSA) is 82.1 Å². The van der Waals surface area contributed by atoms with Crippen LogP contribution in [0.3, 0.4) is 0 Å². The molecule has 9 heteroatoms. The van der Waals surface area contributed by atoms with Crippen LogP contribution in [0.25, 0.3) is 0 Å². The lowest BCUT2D eigenvalue weighted by Gasteiger charge is -2.43. The molecule has 2 rings (SSSR count). The smallest absolute Gasteiger partial charge is 0.343 e. The van der Waals surface area contributed by atoms with Gasteiger partial charge in [-0.15, -0.1) is 0 Å². The Morgan fingerprint density at radius 3 is 1.57 bits per heavy atom. The number of alkyl halides is 2. The summed E-state index contributed by atoms with van der Waals surface area (Å²) in [5.74, 6) is -1.87. The van der Waals surface area contributed by atoms with Crippen molar-refractivity contribution in [2.75, 3.05) is 26.4 Å². The summed E-state index contributed by atoms with van der Waals surface area (Å²) in [4.78, 5) is 21.9. The fraction of sp³-hybridized carbons (Fsp3) is 0.462. The average Bonchev–Trinajstić information content (AvgIpc) is 2.85. The summed E-state index contributed by atoms with van der Waals surface area (Å²) in [6, 6.07) is 19.9. The Labute approximate surface area is 207 Å². The number of aliphatic hydroxyl groups excluding tert-OH is 1. The summed E-state index contributed by atoms with van der Waals surface area (Å²) in [7, 11) is -2.83. The Hall–Kier alpha value is -2.62. The van der Waals surface area contributed by atoms with Gasteiger partial charge in [0.15, 0.2) is 0 Å². The lowest BCUT2D eigenvalue weighted by atomic mass is 10.2. The Morgan fingerprint density at radius 2 is 1.23 bits per heavy atom. The van der Waals surface area contributed by atoms with Crippen molar-refractivity contribution in [3.8, 4) is 0 Å². The van der Waals surface area contributed by atoms with Gasteiger partial charge in [0.1, 0.15) is 0 Å². The van der Waals surface area contributed by atoms with Crippen LogP contribution in [0.4, 0.5) is 8.78 Å². The highest BCUT2D eigenvalue weighted by molar-refractivity contribution is 6.99. The molecule has 0 fully saturated rings. The van der Waals surface area contributed by atoms with Crippen LogP contribution in [0.15, 0.2) is 60.7 Å². The maximum absolute atomic E-state index is 14.4. The van der Waals surface area contributed by atoms with Gasteiger partial charge < -0.3 is 19.0 Å². The van der Waals surface area contributed by atoms with E-state index in [1.54, 1.807) is 13.8 Å². The molecule has 0 saturated heterocycles. The maximum atomic E-state index is 14.4. The second kappa shape index (κ2) is 14.7. The quantitative estimate of drug-likeness (QED) is 0.390. The number of ether oxygens (including phenoxy) is 2. The third-order valence-electron chi connectivity index (χ3n) is 5.11. The SMILES string of the molecule is CCOC(=O)C(F)CO.CCOC(=O)C(F)CO[Si](c1ccccc1)(c1ccccc1)C(C)(C)C. The van der Waals surface area contributed by atoms with Crippen LogP contribution in [0.1, 0.15) is 34.6 Å². The van der Waals surface area contributed by atoms with Crippen LogP contribution >= 0.6 is 0 Å². The number of rotatable bonds is 10. The van der Waals surface area contributed by atoms with Gasteiger partial charge in [-0.1, -0.05) is 81.4 Å². The monoisotopic (exact) mass is 510 g/mol. The number of esters is 2. The lowest BCUT2D eigenvalue weighted by Crippen LogP contribution is -2.67. The van der Waals surface area contributed by atoms with Crippen molar-refractivity contribution < 1.29 is 37.4 Å². The number of benzene rings is 2. The molecule has 0 saturated carbocycles. The van der Waals surface area contributed by atoms with Gasteiger partial charge in [0.05, 0.1) is 26.4 Å². The highest BCUT2D eigenvalue weighted by Gasteiger charge is 2.50. The third kappa shape index (κ3) is 8.52. The van der Waals surface area contributed by atoms with Crippen molar-refractivity contribution in [2.45, 2.75) is 52.0 Å². The van der Waals surface area contributed by atoms with Crippen molar-refractivity contribution >= 4 is 30.6 Å². The number of hydrogen-bond donors (Lipinski definition) is 1. The Bertz CT molecular complexity index is 850. The highest BCUT2D eigenvalue weighted by atomic mass is 28.4. The van der Waals surface area contributed by atoms with Crippen LogP contribution in [0.2, 0.25) is 5.04 Å². The number of halogens is 2. The molecule has 0 heterocycles. The molecule has 0 radical (unpaired) electrons. The maximum Gasteiger partial charge on any atom is 0.343 e. The number of carbonyl (C=O) groups excluding carboxylic acids is 2. The van der Waals surface area contributed by atoms with Crippen molar-refractivity contribution in [3.63, 3.8) is 0 Å². The third-order valence-corrected chi connectivity index (χ3v) is 10.1. The molecule has 2 unspecified atom stereocenters. The van der Waals surface area contributed by atoms with Crippen molar-refractivity contribution in [1.29, 1.82) is 0 Å².